The number of aromatic hydroxyl groups is 1. The van der Waals surface area contributed by atoms with Crippen molar-refractivity contribution in [2.75, 3.05) is 5.32 Å². The highest BCUT2D eigenvalue weighted by atomic mass is 16.5. The van der Waals surface area contributed by atoms with E-state index in [1.165, 1.54) is 12.3 Å². The van der Waals surface area contributed by atoms with Crippen molar-refractivity contribution in [2.24, 2.45) is 0 Å². The minimum Gasteiger partial charge on any atom is -0.504 e. The fourth-order valence-corrected chi connectivity index (χ4v) is 2.88. The minimum atomic E-state index is -0.321. The van der Waals surface area contributed by atoms with Crippen LogP contribution in [0.2, 0.25) is 0 Å². The van der Waals surface area contributed by atoms with E-state index in [4.69, 9.17) is 4.74 Å². The zero-order chi connectivity index (χ0) is 19.3. The number of nitrogens with zero attached hydrogens (tertiary/aromatic N) is 3. The first kappa shape index (κ1) is 17.5. The molecule has 4 aromatic rings. The van der Waals surface area contributed by atoms with Crippen molar-refractivity contribution in [1.82, 2.24) is 14.5 Å². The number of carbonyl (C=O) groups excluding carboxylic acids is 1. The topological polar surface area (TPSA) is 89.3 Å². The highest BCUT2D eigenvalue weighted by molar-refractivity contribution is 5.92. The number of amides is 1. The molecule has 2 heterocycles. The Morgan fingerprint density at radius 3 is 2.64 bits per heavy atom. The third-order valence-corrected chi connectivity index (χ3v) is 4.19. The summed E-state index contributed by atoms with van der Waals surface area (Å²) in [5, 5.41) is 12.4. The van der Waals surface area contributed by atoms with Gasteiger partial charge in [0.1, 0.15) is 24.7 Å². The number of ether oxygens (including phenoxy) is 1. The second-order valence-corrected chi connectivity index (χ2v) is 6.12. The summed E-state index contributed by atoms with van der Waals surface area (Å²) in [6.07, 6.45) is 1.50. The van der Waals surface area contributed by atoms with Gasteiger partial charge in [0, 0.05) is 6.20 Å². The van der Waals surface area contributed by atoms with E-state index in [1.807, 2.05) is 54.6 Å². The van der Waals surface area contributed by atoms with Crippen LogP contribution in [0.3, 0.4) is 0 Å². The summed E-state index contributed by atoms with van der Waals surface area (Å²) >= 11 is 0. The van der Waals surface area contributed by atoms with Crippen LogP contribution >= 0.6 is 0 Å². The monoisotopic (exact) mass is 374 g/mol. The van der Waals surface area contributed by atoms with E-state index in [9.17, 15) is 9.90 Å². The first-order valence-corrected chi connectivity index (χ1v) is 8.76. The van der Waals surface area contributed by atoms with Crippen molar-refractivity contribution in [3.8, 4) is 11.5 Å². The smallest absolute Gasteiger partial charge is 0.245 e. The number of pyridine rings is 1. The summed E-state index contributed by atoms with van der Waals surface area (Å²) in [5.74, 6) is 1.07. The van der Waals surface area contributed by atoms with Crippen LogP contribution in [-0.4, -0.2) is 25.5 Å². The number of hydrogen-bond donors (Lipinski definition) is 2. The number of fused-ring (bicyclic) bond motifs is 1. The van der Waals surface area contributed by atoms with E-state index in [-0.39, 0.29) is 30.6 Å². The van der Waals surface area contributed by atoms with Crippen LogP contribution < -0.4 is 10.1 Å². The van der Waals surface area contributed by atoms with E-state index in [2.05, 4.69) is 15.3 Å². The van der Waals surface area contributed by atoms with Crippen LogP contribution in [0, 0.1) is 0 Å². The largest absolute Gasteiger partial charge is 0.504 e. The van der Waals surface area contributed by atoms with Gasteiger partial charge < -0.3 is 19.7 Å². The van der Waals surface area contributed by atoms with Gasteiger partial charge in [-0.2, -0.15) is 0 Å². The molecule has 0 aliphatic rings. The maximum atomic E-state index is 12.6. The van der Waals surface area contributed by atoms with Crippen LogP contribution in [0.15, 0.2) is 72.9 Å². The Hall–Kier alpha value is -3.87. The number of carbonyl (C=O) groups is 1. The van der Waals surface area contributed by atoms with Crippen LogP contribution in [0.25, 0.3) is 11.0 Å². The summed E-state index contributed by atoms with van der Waals surface area (Å²) < 4.78 is 7.61. The Morgan fingerprint density at radius 1 is 1.04 bits per heavy atom. The average Bonchev–Trinajstić information content (AvgIpc) is 3.06. The Kier molecular flexibility index (Phi) is 4.88. The van der Waals surface area contributed by atoms with Crippen molar-refractivity contribution in [3.63, 3.8) is 0 Å². The van der Waals surface area contributed by atoms with E-state index in [0.29, 0.717) is 5.82 Å². The maximum Gasteiger partial charge on any atom is 0.245 e. The van der Waals surface area contributed by atoms with Gasteiger partial charge in [-0.3, -0.25) is 4.79 Å². The predicted molar refractivity (Wildman–Crippen MR) is 105 cm³/mol. The van der Waals surface area contributed by atoms with Gasteiger partial charge in [0.05, 0.1) is 11.0 Å². The summed E-state index contributed by atoms with van der Waals surface area (Å²) in [4.78, 5) is 21.1. The number of hydrogen-bond acceptors (Lipinski definition) is 5. The molecule has 2 aromatic carbocycles. The van der Waals surface area contributed by atoms with Gasteiger partial charge in [0.25, 0.3) is 0 Å². The Balaban J connectivity index is 1.58. The molecular formula is C21H18N4O3. The summed E-state index contributed by atoms with van der Waals surface area (Å²) in [6.45, 7) is 0.241. The third kappa shape index (κ3) is 3.78. The molecule has 0 spiro atoms. The molecule has 0 atom stereocenters. The number of rotatable bonds is 6. The lowest BCUT2D eigenvalue weighted by Crippen LogP contribution is -2.21. The van der Waals surface area contributed by atoms with Gasteiger partial charge in [-0.05, 0) is 36.4 Å². The van der Waals surface area contributed by atoms with Crippen LogP contribution in [0.5, 0.6) is 11.5 Å². The zero-order valence-electron chi connectivity index (χ0n) is 14.9. The zero-order valence-corrected chi connectivity index (χ0v) is 14.9. The molecule has 7 nitrogen and oxygen atoms in total. The van der Waals surface area contributed by atoms with Gasteiger partial charge in [0.15, 0.2) is 11.6 Å². The van der Waals surface area contributed by atoms with Crippen LogP contribution in [0.1, 0.15) is 5.82 Å². The van der Waals surface area contributed by atoms with E-state index >= 15 is 0 Å². The Labute approximate surface area is 161 Å². The number of nitrogens with one attached hydrogen (secondary N) is 1. The van der Waals surface area contributed by atoms with Gasteiger partial charge in [0.2, 0.25) is 5.91 Å². The van der Waals surface area contributed by atoms with E-state index in [1.54, 1.807) is 10.6 Å². The summed E-state index contributed by atoms with van der Waals surface area (Å²) in [6, 6.07) is 20.1. The second kappa shape index (κ2) is 7.79. The fraction of sp³-hybridized carbons (Fsp3) is 0.0952. The highest BCUT2D eigenvalue weighted by Crippen LogP contribution is 2.20. The molecule has 2 N–H and O–H groups in total. The second-order valence-electron chi connectivity index (χ2n) is 6.12. The lowest BCUT2D eigenvalue weighted by atomic mass is 10.3. The van der Waals surface area contributed by atoms with Gasteiger partial charge >= 0.3 is 0 Å². The number of imidazole rings is 1. The first-order chi connectivity index (χ1) is 13.7. The fourth-order valence-electron chi connectivity index (χ4n) is 2.88. The van der Waals surface area contributed by atoms with E-state index < -0.39 is 0 Å². The van der Waals surface area contributed by atoms with Gasteiger partial charge in [-0.1, -0.05) is 30.3 Å². The van der Waals surface area contributed by atoms with E-state index in [0.717, 1.165) is 16.8 Å². The summed E-state index contributed by atoms with van der Waals surface area (Å²) in [5.41, 5.74) is 1.61. The van der Waals surface area contributed by atoms with Crippen molar-refractivity contribution >= 4 is 22.8 Å². The number of benzene rings is 2. The first-order valence-electron chi connectivity index (χ1n) is 8.76. The Bertz CT molecular complexity index is 1110. The highest BCUT2D eigenvalue weighted by Gasteiger charge is 2.15. The number of anilines is 1. The Morgan fingerprint density at radius 2 is 1.82 bits per heavy atom. The summed E-state index contributed by atoms with van der Waals surface area (Å²) in [7, 11) is 0. The van der Waals surface area contributed by atoms with Crippen molar-refractivity contribution in [1.29, 1.82) is 0 Å². The minimum absolute atomic E-state index is 0.0179. The molecule has 7 heteroatoms. The molecule has 140 valence electrons. The van der Waals surface area contributed by atoms with Gasteiger partial charge in [-0.15, -0.1) is 0 Å². The lowest BCUT2D eigenvalue weighted by molar-refractivity contribution is -0.116. The molecular weight excluding hydrogens is 356 g/mol. The molecule has 4 rings (SSSR count). The molecule has 0 saturated heterocycles. The van der Waals surface area contributed by atoms with Crippen LogP contribution in [0.4, 0.5) is 5.82 Å². The molecule has 0 fully saturated rings. The quantitative estimate of drug-likeness (QED) is 0.540. The lowest BCUT2D eigenvalue weighted by Gasteiger charge is -2.11. The molecule has 0 unspecified atom stereocenters. The molecule has 2 aromatic heterocycles. The molecule has 0 radical (unpaired) electrons. The SMILES string of the molecule is O=C(Cn1c(COc2ccccc2)nc2ccccc21)Nc1ncccc1O. The van der Waals surface area contributed by atoms with Crippen molar-refractivity contribution < 1.29 is 14.6 Å². The van der Waals surface area contributed by atoms with Gasteiger partial charge in [-0.25, -0.2) is 9.97 Å². The average molecular weight is 374 g/mol. The molecule has 0 bridgehead atoms. The van der Waals surface area contributed by atoms with Crippen molar-refractivity contribution in [2.45, 2.75) is 13.2 Å². The normalized spacial score (nSPS) is 10.7. The number of para-hydroxylation sites is 3. The molecule has 1 amide bonds. The van der Waals surface area contributed by atoms with Crippen molar-refractivity contribution in [3.05, 3.63) is 78.8 Å². The number of aromatic nitrogens is 3. The maximum absolute atomic E-state index is 12.6. The predicted octanol–water partition coefficient (Wildman–Crippen LogP) is 3.35. The van der Waals surface area contributed by atoms with Crippen LogP contribution in [-0.2, 0) is 17.9 Å². The molecule has 0 aliphatic heterocycles. The third-order valence-electron chi connectivity index (χ3n) is 4.19. The standard InChI is InChI=1S/C21H18N4O3/c26-18-11-6-12-22-21(18)24-20(27)13-25-17-10-5-4-9-16(17)23-19(25)14-28-15-7-2-1-3-8-15/h1-12,26H,13-14H2,(H,22,24,27). The molecule has 0 aliphatic carbocycles. The molecule has 0 saturated carbocycles. The molecule has 28 heavy (non-hydrogen) atoms.